The number of carbonyl (C=O) groups is 1. The number of hydrogen-bond donors (Lipinski definition) is 0. The third-order valence-electron chi connectivity index (χ3n) is 6.46. The number of esters is 1. The van der Waals surface area contributed by atoms with Gasteiger partial charge in [0, 0.05) is 28.5 Å². The highest BCUT2D eigenvalue weighted by atomic mass is 32.1. The van der Waals surface area contributed by atoms with Crippen molar-refractivity contribution in [2.75, 3.05) is 7.11 Å². The number of methoxy groups -OCH3 is 1. The Bertz CT molecular complexity index is 1700. The standard InChI is InChI=1S/C31H26F4N2O3S/c1-18(2)15-31(34,35)24-14-26(37(30(39)23(24)16-36)17-21-7-8-22(32)13-25(21)33)28-10-9-27(41-28)20-6-4-5-19(11-20)12-29(38)40-3/h4-11,13-14,18H,12,15,17H2,1-3H3. The maximum Gasteiger partial charge on any atom is 0.309 e. The van der Waals surface area contributed by atoms with E-state index >= 15 is 8.78 Å². The lowest BCUT2D eigenvalue weighted by molar-refractivity contribution is -0.139. The molecule has 2 aromatic carbocycles. The van der Waals surface area contributed by atoms with Gasteiger partial charge in [-0.3, -0.25) is 9.59 Å². The minimum absolute atomic E-state index is 0.0485. The molecule has 0 bridgehead atoms. The summed E-state index contributed by atoms with van der Waals surface area (Å²) < 4.78 is 64.8. The summed E-state index contributed by atoms with van der Waals surface area (Å²) in [5, 5.41) is 9.75. The SMILES string of the molecule is COC(=O)Cc1cccc(-c2ccc(-c3cc(C(F)(F)CC(C)C)c(C#N)c(=O)n3Cc3ccc(F)cc3F)s2)c1. The summed E-state index contributed by atoms with van der Waals surface area (Å²) in [5.74, 6) is -6.03. The molecule has 5 nitrogen and oxygen atoms in total. The fourth-order valence-corrected chi connectivity index (χ4v) is 5.58. The van der Waals surface area contributed by atoms with E-state index in [9.17, 15) is 23.6 Å². The Labute approximate surface area is 238 Å². The van der Waals surface area contributed by atoms with Crippen molar-refractivity contribution in [2.45, 2.75) is 39.2 Å². The van der Waals surface area contributed by atoms with Crippen molar-refractivity contribution in [1.82, 2.24) is 4.57 Å². The number of hydrogen-bond acceptors (Lipinski definition) is 5. The fourth-order valence-electron chi connectivity index (χ4n) is 4.55. The van der Waals surface area contributed by atoms with Gasteiger partial charge in [-0.15, -0.1) is 11.3 Å². The van der Waals surface area contributed by atoms with Crippen LogP contribution in [0.4, 0.5) is 17.6 Å². The Hall–Kier alpha value is -4.23. The third kappa shape index (κ3) is 6.57. The molecule has 0 saturated heterocycles. The second-order valence-electron chi connectivity index (χ2n) is 9.98. The Morgan fingerprint density at radius 2 is 1.80 bits per heavy atom. The summed E-state index contributed by atoms with van der Waals surface area (Å²) in [6.07, 6.45) is -0.519. The van der Waals surface area contributed by atoms with E-state index in [4.69, 9.17) is 4.74 Å². The van der Waals surface area contributed by atoms with E-state index in [-0.39, 0.29) is 17.7 Å². The van der Waals surface area contributed by atoms with Crippen molar-refractivity contribution in [3.05, 3.63) is 105 Å². The number of aromatic nitrogens is 1. The van der Waals surface area contributed by atoms with Gasteiger partial charge < -0.3 is 9.30 Å². The van der Waals surface area contributed by atoms with Crippen molar-refractivity contribution < 1.29 is 27.1 Å². The zero-order chi connectivity index (χ0) is 29.9. The predicted molar refractivity (Wildman–Crippen MR) is 149 cm³/mol. The van der Waals surface area contributed by atoms with E-state index in [1.165, 1.54) is 24.5 Å². The van der Waals surface area contributed by atoms with Gasteiger partial charge in [0.1, 0.15) is 23.3 Å². The number of nitrogens with zero attached hydrogens (tertiary/aromatic N) is 2. The minimum atomic E-state index is -3.48. The quantitative estimate of drug-likeness (QED) is 0.153. The number of alkyl halides is 2. The lowest BCUT2D eigenvalue weighted by Crippen LogP contribution is -2.30. The van der Waals surface area contributed by atoms with E-state index in [0.29, 0.717) is 16.5 Å². The van der Waals surface area contributed by atoms with Crippen LogP contribution in [0.3, 0.4) is 0 Å². The van der Waals surface area contributed by atoms with Crippen molar-refractivity contribution in [3.8, 4) is 27.1 Å². The smallest absolute Gasteiger partial charge is 0.309 e. The molecule has 0 saturated carbocycles. The fraction of sp³-hybridized carbons (Fsp3) is 0.258. The number of benzene rings is 2. The first-order valence-corrected chi connectivity index (χ1v) is 13.5. The molecule has 0 N–H and O–H groups in total. The lowest BCUT2D eigenvalue weighted by Gasteiger charge is -2.22. The molecular weight excluding hydrogens is 556 g/mol. The maximum absolute atomic E-state index is 15.4. The van der Waals surface area contributed by atoms with Gasteiger partial charge in [-0.2, -0.15) is 5.26 Å². The Balaban J connectivity index is 1.89. The molecular formula is C31H26F4N2O3S. The first-order chi connectivity index (χ1) is 19.4. The number of ether oxygens (including phenoxy) is 1. The van der Waals surface area contributed by atoms with E-state index in [1.807, 2.05) is 6.07 Å². The molecule has 0 aliphatic heterocycles. The first kappa shape index (κ1) is 29.7. The number of pyridine rings is 1. The lowest BCUT2D eigenvalue weighted by atomic mass is 9.94. The summed E-state index contributed by atoms with van der Waals surface area (Å²) >= 11 is 1.20. The van der Waals surface area contributed by atoms with Crippen LogP contribution < -0.4 is 5.56 Å². The average molecular weight is 583 g/mol. The van der Waals surface area contributed by atoms with Crippen LogP contribution in [0.1, 0.15) is 42.5 Å². The van der Waals surface area contributed by atoms with Crippen LogP contribution in [0.15, 0.2) is 65.5 Å². The van der Waals surface area contributed by atoms with Crippen LogP contribution in [-0.2, 0) is 28.4 Å². The van der Waals surface area contributed by atoms with E-state index in [2.05, 4.69) is 0 Å². The predicted octanol–water partition coefficient (Wildman–Crippen LogP) is 7.30. The average Bonchev–Trinajstić information content (AvgIpc) is 3.40. The number of carbonyl (C=O) groups excluding carboxylic acids is 1. The van der Waals surface area contributed by atoms with E-state index < -0.39 is 59.1 Å². The van der Waals surface area contributed by atoms with Crippen molar-refractivity contribution in [2.24, 2.45) is 5.92 Å². The number of thiophene rings is 1. The summed E-state index contributed by atoms with van der Waals surface area (Å²) in [5.41, 5.74) is -0.941. The summed E-state index contributed by atoms with van der Waals surface area (Å²) in [4.78, 5) is 26.4. The topological polar surface area (TPSA) is 72.1 Å². The van der Waals surface area contributed by atoms with Gasteiger partial charge in [0.05, 0.1) is 30.6 Å². The molecule has 2 aromatic heterocycles. The van der Waals surface area contributed by atoms with Gasteiger partial charge in [0.15, 0.2) is 0 Å². The maximum atomic E-state index is 15.4. The molecule has 41 heavy (non-hydrogen) atoms. The van der Waals surface area contributed by atoms with Gasteiger partial charge in [-0.1, -0.05) is 38.1 Å². The van der Waals surface area contributed by atoms with Gasteiger partial charge in [-0.05, 0) is 47.4 Å². The van der Waals surface area contributed by atoms with Crippen LogP contribution in [0.25, 0.3) is 21.0 Å². The Morgan fingerprint density at radius 3 is 2.46 bits per heavy atom. The molecule has 0 spiro atoms. The van der Waals surface area contributed by atoms with Gasteiger partial charge in [-0.25, -0.2) is 17.6 Å². The van der Waals surface area contributed by atoms with Crippen LogP contribution in [0, 0.1) is 28.9 Å². The molecule has 10 heteroatoms. The van der Waals surface area contributed by atoms with Crippen LogP contribution in [0.2, 0.25) is 0 Å². The molecule has 0 aliphatic rings. The Morgan fingerprint density at radius 1 is 1.07 bits per heavy atom. The van der Waals surface area contributed by atoms with E-state index in [0.717, 1.165) is 27.1 Å². The van der Waals surface area contributed by atoms with Crippen molar-refractivity contribution >= 4 is 17.3 Å². The van der Waals surface area contributed by atoms with E-state index in [1.54, 1.807) is 50.2 Å². The molecule has 0 unspecified atom stereocenters. The molecule has 0 atom stereocenters. The molecule has 4 aromatic rings. The minimum Gasteiger partial charge on any atom is -0.469 e. The monoisotopic (exact) mass is 582 g/mol. The molecule has 0 aliphatic carbocycles. The second-order valence-corrected chi connectivity index (χ2v) is 11.1. The second kappa shape index (κ2) is 12.1. The van der Waals surface area contributed by atoms with Crippen molar-refractivity contribution in [1.29, 1.82) is 5.26 Å². The van der Waals surface area contributed by atoms with Gasteiger partial charge in [0.2, 0.25) is 0 Å². The zero-order valence-corrected chi connectivity index (χ0v) is 23.3. The number of nitriles is 1. The number of halogens is 4. The summed E-state index contributed by atoms with van der Waals surface area (Å²) in [6.45, 7) is 2.81. The van der Waals surface area contributed by atoms with Crippen LogP contribution in [-0.4, -0.2) is 17.6 Å². The Kier molecular flexibility index (Phi) is 8.78. The first-order valence-electron chi connectivity index (χ1n) is 12.7. The third-order valence-corrected chi connectivity index (χ3v) is 7.62. The summed E-state index contributed by atoms with van der Waals surface area (Å²) in [7, 11) is 1.30. The van der Waals surface area contributed by atoms with Crippen LogP contribution in [0.5, 0.6) is 0 Å². The summed E-state index contributed by atoms with van der Waals surface area (Å²) in [6, 6.07) is 16.2. The van der Waals surface area contributed by atoms with Gasteiger partial charge in [0.25, 0.3) is 11.5 Å². The highest BCUT2D eigenvalue weighted by Crippen LogP contribution is 2.40. The van der Waals surface area contributed by atoms with Crippen molar-refractivity contribution in [3.63, 3.8) is 0 Å². The number of rotatable bonds is 9. The molecule has 212 valence electrons. The zero-order valence-electron chi connectivity index (χ0n) is 22.5. The van der Waals surface area contributed by atoms with Gasteiger partial charge >= 0.3 is 5.97 Å². The molecule has 2 heterocycles. The molecule has 0 fully saturated rings. The van der Waals surface area contributed by atoms with Crippen LogP contribution >= 0.6 is 11.3 Å². The molecule has 0 amide bonds. The highest BCUT2D eigenvalue weighted by Gasteiger charge is 2.37. The molecule has 4 rings (SSSR count). The normalized spacial score (nSPS) is 11.5. The molecule has 0 radical (unpaired) electrons. The highest BCUT2D eigenvalue weighted by molar-refractivity contribution is 7.18. The largest absolute Gasteiger partial charge is 0.469 e.